The molecule has 0 saturated carbocycles. The van der Waals surface area contributed by atoms with Crippen molar-refractivity contribution < 1.29 is 13.9 Å². The van der Waals surface area contributed by atoms with Gasteiger partial charge in [0.25, 0.3) is 5.82 Å². The van der Waals surface area contributed by atoms with Crippen LogP contribution in [0.1, 0.15) is 108 Å². The minimum atomic E-state index is 0.0287. The number of imidazole rings is 1. The number of H-pyrrole nitrogens is 1. The van der Waals surface area contributed by atoms with Crippen LogP contribution in [0.15, 0.2) is 79.1 Å². The van der Waals surface area contributed by atoms with Crippen molar-refractivity contribution >= 4 is 17.1 Å². The predicted octanol–water partition coefficient (Wildman–Crippen LogP) is 8.98. The number of fused-ring (bicyclic) bond motifs is 1. The molecule has 0 radical (unpaired) electrons. The van der Waals surface area contributed by atoms with Gasteiger partial charge in [0.05, 0.1) is 25.8 Å². The summed E-state index contributed by atoms with van der Waals surface area (Å²) >= 11 is 0. The van der Waals surface area contributed by atoms with Crippen molar-refractivity contribution in [1.82, 2.24) is 4.98 Å². The summed E-state index contributed by atoms with van der Waals surface area (Å²) in [7, 11) is 0. The summed E-state index contributed by atoms with van der Waals surface area (Å²) in [6.07, 6.45) is 21.0. The molecule has 0 aliphatic carbocycles. The van der Waals surface area contributed by atoms with Crippen molar-refractivity contribution in [3.8, 4) is 5.75 Å². The molecular weight excluding hydrogens is 518 g/mol. The number of carbonyl (C=O) groups is 1. The summed E-state index contributed by atoms with van der Waals surface area (Å²) < 4.78 is 8.16. The number of pyridine rings is 1. The zero-order valence-corrected chi connectivity index (χ0v) is 25.8. The number of amides is 1. The standard InChI is InChI=1S/C37H49N3O2/c1-3-4-5-6-7-8-9-10-11-12-13-16-27-42-36-24-20-33(21-25-36)30-40(31(2)41)34-22-18-32(19-23-34)28-37-38-29-35-17-14-15-26-39(35)37/h14-15,17-26,29H,3-13,16,27-28,30H2,1-2H3/p+1. The van der Waals surface area contributed by atoms with Gasteiger partial charge in [-0.3, -0.25) is 4.79 Å². The molecule has 4 rings (SSSR count). The Kier molecular flexibility index (Phi) is 13.0. The Bertz CT molecular complexity index is 1330. The number of anilines is 1. The van der Waals surface area contributed by atoms with E-state index >= 15 is 0 Å². The van der Waals surface area contributed by atoms with E-state index in [2.05, 4.69) is 52.8 Å². The lowest BCUT2D eigenvalue weighted by atomic mass is 10.1. The summed E-state index contributed by atoms with van der Waals surface area (Å²) in [5, 5.41) is 0. The van der Waals surface area contributed by atoms with Crippen molar-refractivity contribution in [2.75, 3.05) is 11.5 Å². The molecule has 224 valence electrons. The van der Waals surface area contributed by atoms with E-state index in [0.29, 0.717) is 6.54 Å². The van der Waals surface area contributed by atoms with Crippen LogP contribution in [0.5, 0.6) is 5.75 Å². The Morgan fingerprint density at radius 2 is 1.38 bits per heavy atom. The molecule has 5 heteroatoms. The van der Waals surface area contributed by atoms with Crippen molar-refractivity contribution in [1.29, 1.82) is 0 Å². The minimum Gasteiger partial charge on any atom is -0.494 e. The molecule has 0 saturated heterocycles. The van der Waals surface area contributed by atoms with Gasteiger partial charge in [-0.25, -0.2) is 4.98 Å². The van der Waals surface area contributed by atoms with E-state index in [4.69, 9.17) is 4.74 Å². The van der Waals surface area contributed by atoms with Crippen LogP contribution in [0, 0.1) is 0 Å². The van der Waals surface area contributed by atoms with Crippen molar-refractivity contribution in [3.63, 3.8) is 0 Å². The van der Waals surface area contributed by atoms with E-state index in [1.807, 2.05) is 47.5 Å². The first kappa shape index (κ1) is 31.3. The van der Waals surface area contributed by atoms with E-state index in [1.165, 1.54) is 76.2 Å². The minimum absolute atomic E-state index is 0.0287. The van der Waals surface area contributed by atoms with Gasteiger partial charge < -0.3 is 9.64 Å². The molecule has 1 amide bonds. The van der Waals surface area contributed by atoms with Gasteiger partial charge in [-0.15, -0.1) is 0 Å². The van der Waals surface area contributed by atoms with Crippen LogP contribution >= 0.6 is 0 Å². The Morgan fingerprint density at radius 1 is 0.762 bits per heavy atom. The van der Waals surface area contributed by atoms with E-state index in [-0.39, 0.29) is 5.91 Å². The van der Waals surface area contributed by atoms with Gasteiger partial charge in [0.1, 0.15) is 11.9 Å². The van der Waals surface area contributed by atoms with E-state index in [1.54, 1.807) is 6.92 Å². The number of nitrogens with one attached hydrogen (secondary N) is 1. The Balaban J connectivity index is 1.15. The predicted molar refractivity (Wildman–Crippen MR) is 173 cm³/mol. The molecule has 2 aromatic heterocycles. The number of aromatic amines is 1. The van der Waals surface area contributed by atoms with E-state index in [0.717, 1.165) is 47.8 Å². The first-order valence-electron chi connectivity index (χ1n) is 16.2. The number of carbonyl (C=O) groups excluding carboxylic acids is 1. The Morgan fingerprint density at radius 3 is 2.02 bits per heavy atom. The van der Waals surface area contributed by atoms with Crippen LogP contribution in [0.2, 0.25) is 0 Å². The maximum atomic E-state index is 12.5. The van der Waals surface area contributed by atoms with Crippen molar-refractivity contribution in [3.05, 3.63) is 96.1 Å². The average Bonchev–Trinajstić information content (AvgIpc) is 3.42. The first-order chi connectivity index (χ1) is 20.6. The summed E-state index contributed by atoms with van der Waals surface area (Å²) in [4.78, 5) is 17.7. The van der Waals surface area contributed by atoms with E-state index < -0.39 is 0 Å². The maximum absolute atomic E-state index is 12.5. The number of benzene rings is 2. The second kappa shape index (κ2) is 17.4. The fraction of sp³-hybridized carbons (Fsp3) is 0.459. The lowest BCUT2D eigenvalue weighted by Gasteiger charge is -2.22. The largest absolute Gasteiger partial charge is 0.494 e. The van der Waals surface area contributed by atoms with Gasteiger partial charge in [0, 0.05) is 12.6 Å². The third kappa shape index (κ3) is 10.0. The van der Waals surface area contributed by atoms with Crippen LogP contribution in [0.3, 0.4) is 0 Å². The second-order valence-corrected chi connectivity index (χ2v) is 11.6. The third-order valence-corrected chi connectivity index (χ3v) is 8.10. The molecule has 2 aromatic carbocycles. The summed E-state index contributed by atoms with van der Waals surface area (Å²) in [5.41, 5.74) is 4.33. The highest BCUT2D eigenvalue weighted by atomic mass is 16.5. The second-order valence-electron chi connectivity index (χ2n) is 11.6. The molecule has 4 aromatic rings. The van der Waals surface area contributed by atoms with Gasteiger partial charge in [-0.05, 0) is 53.9 Å². The smallest absolute Gasteiger partial charge is 0.263 e. The molecule has 0 aliphatic heterocycles. The lowest BCUT2D eigenvalue weighted by Crippen LogP contribution is -2.27. The molecular formula is C37H50N3O2+. The van der Waals surface area contributed by atoms with Gasteiger partial charge in [-0.2, -0.15) is 4.40 Å². The lowest BCUT2D eigenvalue weighted by molar-refractivity contribution is -0.520. The highest BCUT2D eigenvalue weighted by molar-refractivity contribution is 5.91. The maximum Gasteiger partial charge on any atom is 0.263 e. The fourth-order valence-corrected chi connectivity index (χ4v) is 5.56. The zero-order valence-electron chi connectivity index (χ0n) is 25.8. The third-order valence-electron chi connectivity index (χ3n) is 8.10. The molecule has 0 unspecified atom stereocenters. The van der Waals surface area contributed by atoms with Crippen LogP contribution in [0.4, 0.5) is 5.69 Å². The number of nitrogens with zero attached hydrogens (tertiary/aromatic N) is 2. The Labute approximate surface area is 252 Å². The van der Waals surface area contributed by atoms with Crippen molar-refractivity contribution in [2.24, 2.45) is 0 Å². The summed E-state index contributed by atoms with van der Waals surface area (Å²) in [5.74, 6) is 2.05. The van der Waals surface area contributed by atoms with Crippen LogP contribution in [0.25, 0.3) is 5.52 Å². The molecule has 5 nitrogen and oxygen atoms in total. The highest BCUT2D eigenvalue weighted by Gasteiger charge is 2.15. The summed E-state index contributed by atoms with van der Waals surface area (Å²) in [6, 6.07) is 22.6. The first-order valence-corrected chi connectivity index (χ1v) is 16.2. The number of unbranched alkanes of at least 4 members (excludes halogenated alkanes) is 11. The van der Waals surface area contributed by atoms with Gasteiger partial charge in [-0.1, -0.05) is 108 Å². The van der Waals surface area contributed by atoms with Gasteiger partial charge >= 0.3 is 0 Å². The number of ether oxygens (including phenoxy) is 1. The molecule has 2 heterocycles. The zero-order chi connectivity index (χ0) is 29.4. The van der Waals surface area contributed by atoms with Gasteiger partial charge in [0.2, 0.25) is 5.91 Å². The number of hydrogen-bond acceptors (Lipinski definition) is 2. The van der Waals surface area contributed by atoms with Crippen LogP contribution in [-0.4, -0.2) is 17.5 Å². The molecule has 42 heavy (non-hydrogen) atoms. The van der Waals surface area contributed by atoms with E-state index in [9.17, 15) is 4.79 Å². The highest BCUT2D eigenvalue weighted by Crippen LogP contribution is 2.21. The van der Waals surface area contributed by atoms with Gasteiger partial charge in [0.15, 0.2) is 5.52 Å². The Hall–Kier alpha value is -3.60. The molecule has 0 fully saturated rings. The topological polar surface area (TPSA) is 49.4 Å². The van der Waals surface area contributed by atoms with Crippen molar-refractivity contribution in [2.45, 2.75) is 104 Å². The normalized spacial score (nSPS) is 11.2. The number of hydrogen-bond donors (Lipinski definition) is 1. The molecule has 0 aliphatic rings. The molecule has 1 N–H and O–H groups in total. The number of rotatable bonds is 19. The summed E-state index contributed by atoms with van der Waals surface area (Å²) in [6.45, 7) is 5.20. The molecule has 0 bridgehead atoms. The quantitative estimate of drug-likeness (QED) is 0.0906. The monoisotopic (exact) mass is 568 g/mol. The molecule has 0 spiro atoms. The fourth-order valence-electron chi connectivity index (χ4n) is 5.56. The SMILES string of the molecule is CCCCCCCCCCCCCCOc1ccc(CN(C(C)=O)c2ccc(Cc3[nH]cc4cccc[n+]34)cc2)cc1. The molecule has 0 atom stereocenters. The van der Waals surface area contributed by atoms with Crippen LogP contribution in [-0.2, 0) is 17.8 Å². The number of aromatic nitrogens is 2. The average molecular weight is 569 g/mol. The van der Waals surface area contributed by atoms with Crippen LogP contribution < -0.4 is 14.0 Å².